The number of nitrogens with zero attached hydrogens (tertiary/aromatic N) is 1. The highest BCUT2D eigenvalue weighted by Crippen LogP contribution is 2.25. The van der Waals surface area contributed by atoms with Crippen molar-refractivity contribution in [3.05, 3.63) is 40.7 Å². The van der Waals surface area contributed by atoms with Crippen molar-refractivity contribution in [2.45, 2.75) is 46.7 Å². The molecule has 0 aliphatic heterocycles. The molecule has 4 heteroatoms. The quantitative estimate of drug-likeness (QED) is 0.898. The van der Waals surface area contributed by atoms with E-state index in [1.54, 1.807) is 0 Å². The highest BCUT2D eigenvalue weighted by Gasteiger charge is 2.19. The van der Waals surface area contributed by atoms with Gasteiger partial charge < -0.3 is 14.3 Å². The van der Waals surface area contributed by atoms with E-state index in [-0.39, 0.29) is 12.1 Å². The average Bonchev–Trinajstić information content (AvgIpc) is 2.85. The van der Waals surface area contributed by atoms with E-state index in [2.05, 4.69) is 24.3 Å². The first-order chi connectivity index (χ1) is 8.49. The molecular weight excluding hydrogens is 228 g/mol. The maximum atomic E-state index is 5.62. The first-order valence-electron chi connectivity index (χ1n) is 6.24. The van der Waals surface area contributed by atoms with Crippen molar-refractivity contribution in [3.8, 4) is 0 Å². The van der Waals surface area contributed by atoms with Crippen molar-refractivity contribution in [1.82, 2.24) is 10.5 Å². The molecule has 2 atom stereocenters. The number of rotatable bonds is 4. The predicted molar refractivity (Wildman–Crippen MR) is 69.4 cm³/mol. The van der Waals surface area contributed by atoms with Gasteiger partial charge in [0.1, 0.15) is 17.3 Å². The fourth-order valence-electron chi connectivity index (χ4n) is 2.33. The third-order valence-corrected chi connectivity index (χ3v) is 3.21. The lowest BCUT2D eigenvalue weighted by atomic mass is 10.1. The van der Waals surface area contributed by atoms with Gasteiger partial charge in [-0.2, -0.15) is 0 Å². The van der Waals surface area contributed by atoms with E-state index in [0.29, 0.717) is 0 Å². The minimum absolute atomic E-state index is 0.155. The zero-order valence-corrected chi connectivity index (χ0v) is 11.6. The van der Waals surface area contributed by atoms with Crippen molar-refractivity contribution in [2.24, 2.45) is 0 Å². The van der Waals surface area contributed by atoms with E-state index in [1.165, 1.54) is 0 Å². The van der Waals surface area contributed by atoms with Gasteiger partial charge in [0, 0.05) is 11.6 Å². The molecule has 2 unspecified atom stereocenters. The summed E-state index contributed by atoms with van der Waals surface area (Å²) in [5.74, 6) is 2.75. The summed E-state index contributed by atoms with van der Waals surface area (Å²) in [6.45, 7) is 10.1. The molecule has 0 saturated heterocycles. The van der Waals surface area contributed by atoms with Crippen LogP contribution >= 0.6 is 0 Å². The highest BCUT2D eigenvalue weighted by molar-refractivity contribution is 5.24. The molecule has 0 aromatic carbocycles. The summed E-state index contributed by atoms with van der Waals surface area (Å²) < 4.78 is 10.8. The Labute approximate surface area is 107 Å². The topological polar surface area (TPSA) is 51.2 Å². The molecule has 2 heterocycles. The van der Waals surface area contributed by atoms with Gasteiger partial charge in [0.15, 0.2) is 0 Å². The molecule has 0 fully saturated rings. The normalized spacial score (nSPS) is 14.7. The molecular formula is C14H20N2O2. The van der Waals surface area contributed by atoms with Crippen molar-refractivity contribution >= 4 is 0 Å². The fraction of sp³-hybridized carbons (Fsp3) is 0.500. The second-order valence-electron chi connectivity index (χ2n) is 4.80. The smallest absolute Gasteiger partial charge is 0.138 e. The number of aromatic nitrogens is 1. The zero-order valence-electron chi connectivity index (χ0n) is 11.6. The molecule has 0 aliphatic rings. The molecule has 0 radical (unpaired) electrons. The van der Waals surface area contributed by atoms with Crippen LogP contribution in [-0.4, -0.2) is 5.16 Å². The van der Waals surface area contributed by atoms with Gasteiger partial charge in [0.05, 0.1) is 11.7 Å². The van der Waals surface area contributed by atoms with Crippen molar-refractivity contribution < 1.29 is 8.94 Å². The second-order valence-corrected chi connectivity index (χ2v) is 4.80. The van der Waals surface area contributed by atoms with E-state index >= 15 is 0 Å². The van der Waals surface area contributed by atoms with E-state index in [9.17, 15) is 0 Å². The maximum absolute atomic E-state index is 5.62. The number of furan rings is 1. The van der Waals surface area contributed by atoms with Gasteiger partial charge in [-0.1, -0.05) is 5.16 Å². The van der Waals surface area contributed by atoms with Gasteiger partial charge in [-0.3, -0.25) is 0 Å². The van der Waals surface area contributed by atoms with E-state index in [4.69, 9.17) is 8.94 Å². The number of hydrogen-bond acceptors (Lipinski definition) is 4. The first-order valence-corrected chi connectivity index (χ1v) is 6.24. The molecule has 18 heavy (non-hydrogen) atoms. The molecule has 0 bridgehead atoms. The van der Waals surface area contributed by atoms with Crippen LogP contribution < -0.4 is 5.32 Å². The Hall–Kier alpha value is -1.55. The van der Waals surface area contributed by atoms with Crippen LogP contribution in [0.15, 0.2) is 21.1 Å². The lowest BCUT2D eigenvalue weighted by molar-refractivity contribution is 0.380. The highest BCUT2D eigenvalue weighted by atomic mass is 16.5. The molecule has 0 aliphatic carbocycles. The van der Waals surface area contributed by atoms with E-state index in [1.807, 2.05) is 32.9 Å². The summed E-state index contributed by atoms with van der Waals surface area (Å²) in [5, 5.41) is 7.48. The number of aryl methyl sites for hydroxylation is 3. The van der Waals surface area contributed by atoms with Crippen molar-refractivity contribution in [2.75, 3.05) is 0 Å². The van der Waals surface area contributed by atoms with E-state index < -0.39 is 0 Å². The summed E-state index contributed by atoms with van der Waals surface area (Å²) in [7, 11) is 0. The van der Waals surface area contributed by atoms with Gasteiger partial charge >= 0.3 is 0 Å². The molecule has 0 spiro atoms. The first kappa shape index (κ1) is 12.9. The van der Waals surface area contributed by atoms with Crippen molar-refractivity contribution in [1.29, 1.82) is 0 Å². The molecule has 0 saturated carbocycles. The Morgan fingerprint density at radius 2 is 1.83 bits per heavy atom. The van der Waals surface area contributed by atoms with Gasteiger partial charge in [-0.05, 0) is 46.8 Å². The fourth-order valence-corrected chi connectivity index (χ4v) is 2.33. The van der Waals surface area contributed by atoms with Gasteiger partial charge in [0.2, 0.25) is 0 Å². The standard InChI is InChI=1S/C14H20N2O2/c1-8-6-7-13(17-8)9(2)15-10(3)14-11(4)16-18-12(14)5/h6-7,9-10,15H,1-5H3. The Morgan fingerprint density at radius 1 is 1.11 bits per heavy atom. The summed E-state index contributed by atoms with van der Waals surface area (Å²) in [4.78, 5) is 0. The molecule has 0 amide bonds. The van der Waals surface area contributed by atoms with Crippen LogP contribution in [-0.2, 0) is 0 Å². The van der Waals surface area contributed by atoms with E-state index in [0.717, 1.165) is 28.5 Å². The largest absolute Gasteiger partial charge is 0.465 e. The summed E-state index contributed by atoms with van der Waals surface area (Å²) in [5.41, 5.74) is 2.07. The lowest BCUT2D eigenvalue weighted by Crippen LogP contribution is -2.22. The lowest BCUT2D eigenvalue weighted by Gasteiger charge is -2.18. The summed E-state index contributed by atoms with van der Waals surface area (Å²) in [6.07, 6.45) is 0. The van der Waals surface area contributed by atoms with Crippen LogP contribution in [0.5, 0.6) is 0 Å². The molecule has 4 nitrogen and oxygen atoms in total. The van der Waals surface area contributed by atoms with Gasteiger partial charge in [-0.15, -0.1) is 0 Å². The minimum atomic E-state index is 0.155. The second kappa shape index (κ2) is 4.98. The molecule has 2 aromatic heterocycles. The zero-order chi connectivity index (χ0) is 13.3. The molecule has 2 rings (SSSR count). The molecule has 98 valence electrons. The summed E-state index contributed by atoms with van der Waals surface area (Å²) in [6, 6.07) is 4.32. The van der Waals surface area contributed by atoms with Crippen LogP contribution in [0, 0.1) is 20.8 Å². The number of hydrogen-bond donors (Lipinski definition) is 1. The van der Waals surface area contributed by atoms with Gasteiger partial charge in [0.25, 0.3) is 0 Å². The van der Waals surface area contributed by atoms with Crippen LogP contribution in [0.4, 0.5) is 0 Å². The van der Waals surface area contributed by atoms with Crippen LogP contribution in [0.3, 0.4) is 0 Å². The molecule has 1 N–H and O–H groups in total. The third-order valence-electron chi connectivity index (χ3n) is 3.21. The predicted octanol–water partition coefficient (Wildman–Crippen LogP) is 3.60. The van der Waals surface area contributed by atoms with Crippen LogP contribution in [0.2, 0.25) is 0 Å². The van der Waals surface area contributed by atoms with Crippen molar-refractivity contribution in [3.63, 3.8) is 0 Å². The number of nitrogens with one attached hydrogen (secondary N) is 1. The Morgan fingerprint density at radius 3 is 2.33 bits per heavy atom. The van der Waals surface area contributed by atoms with Gasteiger partial charge in [-0.25, -0.2) is 0 Å². The van der Waals surface area contributed by atoms with Crippen LogP contribution in [0.1, 0.15) is 54.5 Å². The molecule has 2 aromatic rings. The Balaban J connectivity index is 2.10. The average molecular weight is 248 g/mol. The third kappa shape index (κ3) is 2.48. The monoisotopic (exact) mass is 248 g/mol. The maximum Gasteiger partial charge on any atom is 0.138 e. The van der Waals surface area contributed by atoms with Crippen LogP contribution in [0.25, 0.3) is 0 Å². The SMILES string of the molecule is Cc1ccc(C(C)NC(C)c2c(C)noc2C)o1. The Bertz CT molecular complexity index is 508. The minimum Gasteiger partial charge on any atom is -0.465 e. The summed E-state index contributed by atoms with van der Waals surface area (Å²) >= 11 is 0. The Kier molecular flexibility index (Phi) is 3.57.